The maximum absolute atomic E-state index is 13.0. The Labute approximate surface area is 177 Å². The van der Waals surface area contributed by atoms with Crippen molar-refractivity contribution in [3.05, 3.63) is 51.9 Å². The number of hydrogen-bond acceptors (Lipinski definition) is 7. The van der Waals surface area contributed by atoms with Crippen LogP contribution in [-0.2, 0) is 16.4 Å². The van der Waals surface area contributed by atoms with E-state index in [-0.39, 0.29) is 36.2 Å². The molecular weight excluding hydrogens is 436 g/mol. The first kappa shape index (κ1) is 21.9. The van der Waals surface area contributed by atoms with Gasteiger partial charge < -0.3 is 10.2 Å². The van der Waals surface area contributed by atoms with E-state index in [2.05, 4.69) is 15.2 Å². The molecule has 156 valence electrons. The molecule has 3 rings (SSSR count). The summed E-state index contributed by atoms with van der Waals surface area (Å²) >= 11 is 7.67. The Bertz CT molecular complexity index is 1060. The first-order chi connectivity index (χ1) is 13.9. The molecule has 1 aromatic carbocycles. The van der Waals surface area contributed by atoms with Gasteiger partial charge in [0.05, 0.1) is 33.8 Å². The van der Waals surface area contributed by atoms with Gasteiger partial charge in [0.15, 0.2) is 0 Å². The molecule has 0 aliphatic rings. The molecule has 0 aliphatic carbocycles. The van der Waals surface area contributed by atoms with Crippen molar-refractivity contribution in [2.24, 2.45) is 0 Å². The molecule has 2 heterocycles. The molecule has 3 N–H and O–H groups in total. The van der Waals surface area contributed by atoms with Crippen molar-refractivity contribution in [2.75, 3.05) is 26.3 Å². The topological polar surface area (TPSA) is 119 Å². The second-order valence-corrected chi connectivity index (χ2v) is 9.67. The number of aliphatic hydroxyl groups excluding tert-OH is 2. The van der Waals surface area contributed by atoms with Crippen molar-refractivity contribution in [3.8, 4) is 10.4 Å². The molecule has 0 atom stereocenters. The zero-order valence-corrected chi connectivity index (χ0v) is 18.1. The first-order valence-corrected chi connectivity index (χ1v) is 11.5. The fraction of sp³-hybridized carbons (Fsp3) is 0.333. The van der Waals surface area contributed by atoms with Gasteiger partial charge in [0, 0.05) is 31.4 Å². The average Bonchev–Trinajstić information content (AvgIpc) is 3.31. The number of aliphatic hydroxyl groups is 2. The molecule has 3 aromatic rings. The summed E-state index contributed by atoms with van der Waals surface area (Å²) in [5, 5.41) is 26.2. The van der Waals surface area contributed by atoms with Crippen LogP contribution in [0, 0.1) is 6.92 Å². The van der Waals surface area contributed by atoms with Crippen LogP contribution in [0.5, 0.6) is 0 Å². The molecule has 0 radical (unpaired) electrons. The number of benzene rings is 1. The molecule has 0 unspecified atom stereocenters. The van der Waals surface area contributed by atoms with Crippen LogP contribution in [0.3, 0.4) is 0 Å². The maximum atomic E-state index is 13.0. The number of nitrogens with zero attached hydrogens (tertiary/aromatic N) is 3. The minimum Gasteiger partial charge on any atom is -0.395 e. The molecule has 0 fully saturated rings. The van der Waals surface area contributed by atoms with E-state index in [9.17, 15) is 18.6 Å². The minimum atomic E-state index is -3.98. The van der Waals surface area contributed by atoms with Gasteiger partial charge in [-0.2, -0.15) is 9.40 Å². The van der Waals surface area contributed by atoms with E-state index in [1.165, 1.54) is 23.5 Å². The van der Waals surface area contributed by atoms with Crippen LogP contribution in [0.15, 0.2) is 35.4 Å². The number of sulfonamides is 1. The van der Waals surface area contributed by atoms with Gasteiger partial charge in [-0.05, 0) is 30.7 Å². The van der Waals surface area contributed by atoms with Gasteiger partial charge in [-0.3, -0.25) is 5.10 Å². The lowest BCUT2D eigenvalue weighted by Gasteiger charge is -2.21. The molecule has 0 bridgehead atoms. The number of rotatable bonds is 9. The van der Waals surface area contributed by atoms with E-state index in [1.54, 1.807) is 12.3 Å². The summed E-state index contributed by atoms with van der Waals surface area (Å²) in [6.07, 6.45) is 2.28. The lowest BCUT2D eigenvalue weighted by atomic mass is 10.1. The van der Waals surface area contributed by atoms with Gasteiger partial charge in [0.1, 0.15) is 4.90 Å². The third kappa shape index (κ3) is 4.85. The molecule has 29 heavy (non-hydrogen) atoms. The third-order valence-electron chi connectivity index (χ3n) is 4.25. The molecule has 8 nitrogen and oxygen atoms in total. The number of aryl methyl sites for hydroxylation is 1. The van der Waals surface area contributed by atoms with Gasteiger partial charge in [0.25, 0.3) is 0 Å². The zero-order valence-electron chi connectivity index (χ0n) is 15.7. The number of thiazole rings is 1. The number of aromatic nitrogens is 3. The Kier molecular flexibility index (Phi) is 7.04. The fourth-order valence-electron chi connectivity index (χ4n) is 2.90. The van der Waals surface area contributed by atoms with Gasteiger partial charge in [0.2, 0.25) is 10.0 Å². The normalized spacial score (nSPS) is 12.0. The molecule has 0 saturated heterocycles. The SMILES string of the molecule is Cc1nc(Cc2ccn[nH]2)sc1-c1ccc(Cl)c(S(=O)(=O)N(CCO)CCO)c1. The van der Waals surface area contributed by atoms with E-state index >= 15 is 0 Å². The summed E-state index contributed by atoms with van der Waals surface area (Å²) in [6, 6.07) is 6.68. The number of aromatic amines is 1. The van der Waals surface area contributed by atoms with Crippen molar-refractivity contribution in [1.82, 2.24) is 19.5 Å². The van der Waals surface area contributed by atoms with Gasteiger partial charge in [-0.25, -0.2) is 13.4 Å². The maximum Gasteiger partial charge on any atom is 0.244 e. The Morgan fingerprint density at radius 3 is 2.55 bits per heavy atom. The van der Waals surface area contributed by atoms with E-state index in [4.69, 9.17) is 11.6 Å². The Morgan fingerprint density at radius 1 is 1.21 bits per heavy atom. The van der Waals surface area contributed by atoms with Crippen LogP contribution in [0.1, 0.15) is 16.4 Å². The van der Waals surface area contributed by atoms with Gasteiger partial charge in [-0.15, -0.1) is 11.3 Å². The zero-order chi connectivity index (χ0) is 21.0. The monoisotopic (exact) mass is 456 g/mol. The number of nitrogens with one attached hydrogen (secondary N) is 1. The van der Waals surface area contributed by atoms with E-state index in [0.717, 1.165) is 25.6 Å². The van der Waals surface area contributed by atoms with E-state index in [1.807, 2.05) is 13.0 Å². The Balaban J connectivity index is 1.98. The molecule has 0 aliphatic heterocycles. The average molecular weight is 457 g/mol. The smallest absolute Gasteiger partial charge is 0.244 e. The van der Waals surface area contributed by atoms with E-state index in [0.29, 0.717) is 12.0 Å². The molecule has 0 saturated carbocycles. The standard InChI is InChI=1S/C18H21ClN4O4S2/c1-12-18(28-17(21-12)11-14-4-5-20-22-14)13-2-3-15(19)16(10-13)29(26,27)23(6-8-24)7-9-25/h2-5,10,24-25H,6-9,11H2,1H3,(H,20,22). The summed E-state index contributed by atoms with van der Waals surface area (Å²) in [5.74, 6) is 0. The van der Waals surface area contributed by atoms with Crippen molar-refractivity contribution in [3.63, 3.8) is 0 Å². The third-order valence-corrected chi connectivity index (χ3v) is 7.84. The Hall–Kier alpha value is -1.82. The first-order valence-electron chi connectivity index (χ1n) is 8.83. The second-order valence-electron chi connectivity index (χ2n) is 6.28. The molecule has 11 heteroatoms. The van der Waals surface area contributed by atoms with Gasteiger partial charge in [-0.1, -0.05) is 17.7 Å². The largest absolute Gasteiger partial charge is 0.395 e. The van der Waals surface area contributed by atoms with Crippen molar-refractivity contribution in [2.45, 2.75) is 18.2 Å². The molecule has 2 aromatic heterocycles. The van der Waals surface area contributed by atoms with Gasteiger partial charge >= 0.3 is 0 Å². The lowest BCUT2D eigenvalue weighted by Crippen LogP contribution is -2.36. The Morgan fingerprint density at radius 2 is 1.93 bits per heavy atom. The predicted octanol–water partition coefficient (Wildman–Crippen LogP) is 2.06. The van der Waals surface area contributed by atoms with Crippen LogP contribution in [0.4, 0.5) is 0 Å². The second kappa shape index (κ2) is 9.33. The minimum absolute atomic E-state index is 0.0681. The molecule has 0 amide bonds. The lowest BCUT2D eigenvalue weighted by molar-refractivity contribution is 0.217. The highest BCUT2D eigenvalue weighted by Gasteiger charge is 2.27. The van der Waals surface area contributed by atoms with Crippen LogP contribution in [0.25, 0.3) is 10.4 Å². The quantitative estimate of drug-likeness (QED) is 0.453. The number of H-pyrrole nitrogens is 1. The van der Waals surface area contributed by atoms with Crippen LogP contribution in [-0.4, -0.2) is 64.4 Å². The fourth-order valence-corrected chi connectivity index (χ4v) is 5.91. The van der Waals surface area contributed by atoms with E-state index < -0.39 is 10.0 Å². The summed E-state index contributed by atoms with van der Waals surface area (Å²) in [7, 11) is -3.98. The summed E-state index contributed by atoms with van der Waals surface area (Å²) < 4.78 is 27.0. The molecular formula is C18H21ClN4O4S2. The van der Waals surface area contributed by atoms with Crippen molar-refractivity contribution < 1.29 is 18.6 Å². The van der Waals surface area contributed by atoms with Crippen molar-refractivity contribution in [1.29, 1.82) is 0 Å². The summed E-state index contributed by atoms with van der Waals surface area (Å²) in [5.41, 5.74) is 2.41. The van der Waals surface area contributed by atoms with Crippen LogP contribution >= 0.6 is 22.9 Å². The van der Waals surface area contributed by atoms with Crippen molar-refractivity contribution >= 4 is 33.0 Å². The van der Waals surface area contributed by atoms with Crippen LogP contribution in [0.2, 0.25) is 5.02 Å². The number of halogens is 1. The summed E-state index contributed by atoms with van der Waals surface area (Å²) in [4.78, 5) is 5.36. The number of hydrogen-bond donors (Lipinski definition) is 3. The predicted molar refractivity (Wildman–Crippen MR) is 112 cm³/mol. The highest BCUT2D eigenvalue weighted by Crippen LogP contribution is 2.35. The molecule has 0 spiro atoms. The van der Waals surface area contributed by atoms with Crippen LogP contribution < -0.4 is 0 Å². The highest BCUT2D eigenvalue weighted by molar-refractivity contribution is 7.89. The highest BCUT2D eigenvalue weighted by atomic mass is 35.5. The summed E-state index contributed by atoms with van der Waals surface area (Å²) in [6.45, 7) is 0.895.